The van der Waals surface area contributed by atoms with Crippen molar-refractivity contribution in [3.05, 3.63) is 10.0 Å². The first-order valence-electron chi connectivity index (χ1n) is 5.82. The highest BCUT2D eigenvalue weighted by Gasteiger charge is 2.21. The summed E-state index contributed by atoms with van der Waals surface area (Å²) in [5, 5.41) is 12.9. The molecule has 1 amide bonds. The molecule has 1 aliphatic rings. The number of carbonyl (C=O) groups is 1. The molecule has 88 valence electrons. The molecule has 1 heterocycles. The first-order chi connectivity index (χ1) is 7.75. The number of nitrogens with zero attached hydrogens (tertiary/aromatic N) is 2. The molecule has 1 saturated carbocycles. The van der Waals surface area contributed by atoms with Crippen LogP contribution < -0.4 is 5.32 Å². The molecule has 1 aromatic rings. The van der Waals surface area contributed by atoms with Crippen LogP contribution in [-0.4, -0.2) is 22.6 Å². The summed E-state index contributed by atoms with van der Waals surface area (Å²) >= 11 is 1.60. The molecule has 1 aromatic heterocycles. The van der Waals surface area contributed by atoms with Gasteiger partial charge >= 0.3 is 0 Å². The first-order valence-corrected chi connectivity index (χ1v) is 6.64. The van der Waals surface area contributed by atoms with Crippen LogP contribution in [0.1, 0.15) is 35.7 Å². The summed E-state index contributed by atoms with van der Waals surface area (Å²) in [6.45, 7) is 2.63. The summed E-state index contributed by atoms with van der Waals surface area (Å²) in [6.07, 6.45) is 5.32. The molecule has 0 aromatic carbocycles. The zero-order valence-corrected chi connectivity index (χ0v) is 10.3. The van der Waals surface area contributed by atoms with Crippen molar-refractivity contribution in [2.24, 2.45) is 5.92 Å². The molecule has 0 bridgehead atoms. The highest BCUT2D eigenvalue weighted by molar-refractivity contribution is 7.11. The van der Waals surface area contributed by atoms with Crippen LogP contribution in [0.2, 0.25) is 0 Å². The number of amides is 1. The second-order valence-electron chi connectivity index (χ2n) is 4.24. The molecule has 0 saturated heterocycles. The van der Waals surface area contributed by atoms with Crippen LogP contribution in [0.25, 0.3) is 0 Å². The molecule has 1 aliphatic carbocycles. The van der Waals surface area contributed by atoms with Gasteiger partial charge in [0.15, 0.2) is 0 Å². The predicted octanol–water partition coefficient (Wildman–Crippen LogP) is 1.70. The topological polar surface area (TPSA) is 54.9 Å². The molecule has 0 atom stereocenters. The van der Waals surface area contributed by atoms with Crippen molar-refractivity contribution >= 4 is 17.2 Å². The SMILES string of the molecule is Cc1nnc(CCNC(=O)C2CCCC2)s1. The second-order valence-corrected chi connectivity index (χ2v) is 5.50. The standard InChI is InChI=1S/C11H17N3OS/c1-8-13-14-10(16-8)6-7-12-11(15)9-4-2-3-5-9/h9H,2-7H2,1H3,(H,12,15). The van der Waals surface area contributed by atoms with Crippen LogP contribution in [0.3, 0.4) is 0 Å². The Balaban J connectivity index is 1.69. The second kappa shape index (κ2) is 5.39. The number of hydrogen-bond donors (Lipinski definition) is 1. The summed E-state index contributed by atoms with van der Waals surface area (Å²) in [4.78, 5) is 11.7. The van der Waals surface area contributed by atoms with E-state index in [2.05, 4.69) is 15.5 Å². The summed E-state index contributed by atoms with van der Waals surface area (Å²) in [5.74, 6) is 0.481. The maximum Gasteiger partial charge on any atom is 0.223 e. The number of nitrogens with one attached hydrogen (secondary N) is 1. The average Bonchev–Trinajstić information content (AvgIpc) is 2.89. The van der Waals surface area contributed by atoms with E-state index < -0.39 is 0 Å². The number of aryl methyl sites for hydroxylation is 1. The van der Waals surface area contributed by atoms with Gasteiger partial charge in [-0.2, -0.15) is 0 Å². The van der Waals surface area contributed by atoms with Crippen molar-refractivity contribution in [1.82, 2.24) is 15.5 Å². The third-order valence-electron chi connectivity index (χ3n) is 2.93. The number of aromatic nitrogens is 2. The zero-order valence-electron chi connectivity index (χ0n) is 9.53. The van der Waals surface area contributed by atoms with Crippen molar-refractivity contribution in [3.8, 4) is 0 Å². The van der Waals surface area contributed by atoms with Crippen LogP contribution in [0.4, 0.5) is 0 Å². The van der Waals surface area contributed by atoms with E-state index in [1.165, 1.54) is 12.8 Å². The Labute approximate surface area is 99.5 Å². The van der Waals surface area contributed by atoms with Gasteiger partial charge in [-0.1, -0.05) is 12.8 Å². The fourth-order valence-corrected chi connectivity index (χ4v) is 2.77. The fourth-order valence-electron chi connectivity index (χ4n) is 2.06. The summed E-state index contributed by atoms with van der Waals surface area (Å²) in [5.41, 5.74) is 0. The number of hydrogen-bond acceptors (Lipinski definition) is 4. The van der Waals surface area contributed by atoms with Crippen molar-refractivity contribution in [2.45, 2.75) is 39.0 Å². The van der Waals surface area contributed by atoms with Gasteiger partial charge in [-0.25, -0.2) is 0 Å². The van der Waals surface area contributed by atoms with Gasteiger partial charge in [-0.3, -0.25) is 4.79 Å². The lowest BCUT2D eigenvalue weighted by atomic mass is 10.1. The van der Waals surface area contributed by atoms with Crippen LogP contribution >= 0.6 is 11.3 Å². The van der Waals surface area contributed by atoms with Crippen LogP contribution in [0, 0.1) is 12.8 Å². The smallest absolute Gasteiger partial charge is 0.223 e. The highest BCUT2D eigenvalue weighted by atomic mass is 32.1. The monoisotopic (exact) mass is 239 g/mol. The van der Waals surface area contributed by atoms with E-state index in [4.69, 9.17) is 0 Å². The van der Waals surface area contributed by atoms with Crippen molar-refractivity contribution in [3.63, 3.8) is 0 Å². The third-order valence-corrected chi connectivity index (χ3v) is 3.83. The van der Waals surface area contributed by atoms with Crippen molar-refractivity contribution in [2.75, 3.05) is 6.54 Å². The summed E-state index contributed by atoms with van der Waals surface area (Å²) in [7, 11) is 0. The minimum Gasteiger partial charge on any atom is -0.355 e. The summed E-state index contributed by atoms with van der Waals surface area (Å²) < 4.78 is 0. The van der Waals surface area contributed by atoms with Gasteiger partial charge in [0.05, 0.1) is 0 Å². The predicted molar refractivity (Wildman–Crippen MR) is 63.3 cm³/mol. The fraction of sp³-hybridized carbons (Fsp3) is 0.727. The van der Waals surface area contributed by atoms with E-state index in [0.29, 0.717) is 6.54 Å². The maximum atomic E-state index is 11.7. The van der Waals surface area contributed by atoms with Crippen molar-refractivity contribution in [1.29, 1.82) is 0 Å². The molecule has 2 rings (SSSR count). The Bertz CT molecular complexity index is 358. The maximum absolute atomic E-state index is 11.7. The largest absolute Gasteiger partial charge is 0.355 e. The number of carbonyl (C=O) groups excluding carboxylic acids is 1. The van der Waals surface area contributed by atoms with Crippen LogP contribution in [0.15, 0.2) is 0 Å². The minimum absolute atomic E-state index is 0.221. The molecular weight excluding hydrogens is 222 g/mol. The molecule has 1 fully saturated rings. The zero-order chi connectivity index (χ0) is 11.4. The first kappa shape index (κ1) is 11.5. The number of rotatable bonds is 4. The Morgan fingerprint density at radius 2 is 2.19 bits per heavy atom. The Kier molecular flexibility index (Phi) is 3.88. The molecule has 4 nitrogen and oxygen atoms in total. The van der Waals surface area contributed by atoms with E-state index >= 15 is 0 Å². The van der Waals surface area contributed by atoms with E-state index in [1.54, 1.807) is 11.3 Å². The van der Waals surface area contributed by atoms with Gasteiger partial charge in [-0.15, -0.1) is 21.5 Å². The Morgan fingerprint density at radius 1 is 1.44 bits per heavy atom. The van der Waals surface area contributed by atoms with Crippen LogP contribution in [0.5, 0.6) is 0 Å². The van der Waals surface area contributed by atoms with Gasteiger partial charge in [0.25, 0.3) is 0 Å². The molecular formula is C11H17N3OS. The molecule has 16 heavy (non-hydrogen) atoms. The van der Waals surface area contributed by atoms with Crippen LogP contribution in [-0.2, 0) is 11.2 Å². The molecule has 0 spiro atoms. The highest BCUT2D eigenvalue weighted by Crippen LogP contribution is 2.24. The molecule has 1 N–H and O–H groups in total. The van der Waals surface area contributed by atoms with Gasteiger partial charge in [0.2, 0.25) is 5.91 Å². The van der Waals surface area contributed by atoms with Crippen molar-refractivity contribution < 1.29 is 4.79 Å². The molecule has 0 unspecified atom stereocenters. The average molecular weight is 239 g/mol. The van der Waals surface area contributed by atoms with E-state index in [1.807, 2.05) is 6.92 Å². The quantitative estimate of drug-likeness (QED) is 0.870. The molecule has 0 aliphatic heterocycles. The van der Waals surface area contributed by atoms with Gasteiger partial charge in [0, 0.05) is 18.9 Å². The van der Waals surface area contributed by atoms with E-state index in [9.17, 15) is 4.79 Å². The van der Waals surface area contributed by atoms with E-state index in [-0.39, 0.29) is 11.8 Å². The van der Waals surface area contributed by atoms with Gasteiger partial charge < -0.3 is 5.32 Å². The Hall–Kier alpha value is -0.970. The Morgan fingerprint density at radius 3 is 2.81 bits per heavy atom. The molecule has 0 radical (unpaired) electrons. The van der Waals surface area contributed by atoms with Gasteiger partial charge in [0.1, 0.15) is 10.0 Å². The normalized spacial score (nSPS) is 16.6. The third kappa shape index (κ3) is 3.01. The lowest BCUT2D eigenvalue weighted by Gasteiger charge is -2.08. The lowest BCUT2D eigenvalue weighted by molar-refractivity contribution is -0.124. The van der Waals surface area contributed by atoms with E-state index in [0.717, 1.165) is 29.3 Å². The molecule has 5 heteroatoms. The summed E-state index contributed by atoms with van der Waals surface area (Å²) in [6, 6.07) is 0. The minimum atomic E-state index is 0.221. The lowest BCUT2D eigenvalue weighted by Crippen LogP contribution is -2.30. The van der Waals surface area contributed by atoms with Gasteiger partial charge in [-0.05, 0) is 19.8 Å².